The van der Waals surface area contributed by atoms with Gasteiger partial charge in [0.25, 0.3) is 0 Å². The molecule has 0 saturated carbocycles. The van der Waals surface area contributed by atoms with Crippen molar-refractivity contribution in [1.29, 1.82) is 0 Å². The molecule has 4 heteroatoms. The zero-order valence-corrected chi connectivity index (χ0v) is 14.5. The SMILES string of the molecule is CCO[Si](/C=C/c1cccc2ccccc12)(OCC)OCC. The molecule has 0 atom stereocenters. The molecule has 3 nitrogen and oxygen atoms in total. The van der Waals surface area contributed by atoms with E-state index in [1.54, 1.807) is 0 Å². The summed E-state index contributed by atoms with van der Waals surface area (Å²) in [5.41, 5.74) is 3.14. The Morgan fingerprint density at radius 1 is 0.818 bits per heavy atom. The van der Waals surface area contributed by atoms with Gasteiger partial charge in [-0.1, -0.05) is 48.5 Å². The summed E-state index contributed by atoms with van der Waals surface area (Å²) in [6.07, 6.45) is 2.07. The molecule has 0 saturated heterocycles. The van der Waals surface area contributed by atoms with Crippen LogP contribution in [0.2, 0.25) is 0 Å². The van der Waals surface area contributed by atoms with Crippen LogP contribution in [0.1, 0.15) is 26.3 Å². The smallest absolute Gasteiger partial charge is 0.371 e. The fraction of sp³-hybridized carbons (Fsp3) is 0.333. The molecule has 2 aromatic carbocycles. The average Bonchev–Trinajstić information content (AvgIpc) is 2.54. The van der Waals surface area contributed by atoms with Gasteiger partial charge in [-0.05, 0) is 42.8 Å². The van der Waals surface area contributed by atoms with Crippen LogP contribution in [-0.2, 0) is 13.3 Å². The third-order valence-corrected chi connectivity index (χ3v) is 5.97. The van der Waals surface area contributed by atoms with Gasteiger partial charge in [-0.25, -0.2) is 0 Å². The molecule has 0 unspecified atom stereocenters. The monoisotopic (exact) mass is 316 g/mol. The summed E-state index contributed by atoms with van der Waals surface area (Å²) in [7, 11) is -2.75. The van der Waals surface area contributed by atoms with E-state index in [-0.39, 0.29) is 0 Å². The Kier molecular flexibility index (Phi) is 6.33. The van der Waals surface area contributed by atoms with Crippen molar-refractivity contribution in [3.8, 4) is 0 Å². The van der Waals surface area contributed by atoms with Crippen LogP contribution in [0.5, 0.6) is 0 Å². The molecule has 0 aliphatic carbocycles. The van der Waals surface area contributed by atoms with Gasteiger partial charge in [0, 0.05) is 19.8 Å². The van der Waals surface area contributed by atoms with Crippen LogP contribution in [0.25, 0.3) is 16.8 Å². The Bertz CT molecular complexity index is 602. The minimum Gasteiger partial charge on any atom is -0.371 e. The van der Waals surface area contributed by atoms with Gasteiger partial charge in [-0.3, -0.25) is 0 Å². The van der Waals surface area contributed by atoms with Crippen LogP contribution < -0.4 is 0 Å². The number of hydrogen-bond donors (Lipinski definition) is 0. The molecule has 0 aromatic heterocycles. The van der Waals surface area contributed by atoms with Crippen LogP contribution in [0.15, 0.2) is 48.2 Å². The van der Waals surface area contributed by atoms with Gasteiger partial charge >= 0.3 is 8.80 Å². The first-order valence-electron chi connectivity index (χ1n) is 7.83. The van der Waals surface area contributed by atoms with Gasteiger partial charge in [0.05, 0.1) is 0 Å². The van der Waals surface area contributed by atoms with Gasteiger partial charge in [-0.15, -0.1) is 0 Å². The molecule has 118 valence electrons. The highest BCUT2D eigenvalue weighted by Gasteiger charge is 2.37. The maximum absolute atomic E-state index is 5.85. The fourth-order valence-electron chi connectivity index (χ4n) is 2.46. The first-order chi connectivity index (χ1) is 10.7. The Balaban J connectivity index is 2.36. The average molecular weight is 316 g/mol. The fourth-order valence-corrected chi connectivity index (χ4v) is 4.59. The minimum absolute atomic E-state index is 0.575. The highest BCUT2D eigenvalue weighted by Crippen LogP contribution is 2.21. The molecule has 0 heterocycles. The maximum Gasteiger partial charge on any atom is 0.529 e. The number of rotatable bonds is 8. The topological polar surface area (TPSA) is 27.7 Å². The molecule has 0 fully saturated rings. The molecule has 22 heavy (non-hydrogen) atoms. The first-order valence-corrected chi connectivity index (χ1v) is 9.63. The highest BCUT2D eigenvalue weighted by atomic mass is 28.4. The van der Waals surface area contributed by atoms with Crippen molar-refractivity contribution >= 4 is 25.7 Å². The molecule has 2 aromatic rings. The van der Waals surface area contributed by atoms with E-state index in [1.807, 2.05) is 26.5 Å². The van der Waals surface area contributed by atoms with Crippen molar-refractivity contribution in [2.24, 2.45) is 0 Å². The lowest BCUT2D eigenvalue weighted by Gasteiger charge is -2.25. The van der Waals surface area contributed by atoms with Crippen LogP contribution in [0.3, 0.4) is 0 Å². The molecule has 0 aliphatic heterocycles. The molecule has 0 aliphatic rings. The Labute approximate surface area is 133 Å². The Morgan fingerprint density at radius 3 is 2.05 bits per heavy atom. The zero-order valence-electron chi connectivity index (χ0n) is 13.5. The van der Waals surface area contributed by atoms with Crippen molar-refractivity contribution in [3.05, 3.63) is 53.7 Å². The second kappa shape index (κ2) is 8.24. The summed E-state index contributed by atoms with van der Waals surface area (Å²) in [6, 6.07) is 14.6. The molecule has 0 bridgehead atoms. The molecule has 0 amide bonds. The maximum atomic E-state index is 5.85. The van der Waals surface area contributed by atoms with Crippen LogP contribution in [0, 0.1) is 0 Å². The lowest BCUT2D eigenvalue weighted by atomic mass is 10.1. The number of benzene rings is 2. The molecule has 0 N–H and O–H groups in total. The van der Waals surface area contributed by atoms with E-state index >= 15 is 0 Å². The lowest BCUT2D eigenvalue weighted by molar-refractivity contribution is 0.0845. The van der Waals surface area contributed by atoms with Gasteiger partial charge in [0.2, 0.25) is 0 Å². The van der Waals surface area contributed by atoms with E-state index in [0.29, 0.717) is 19.8 Å². The second-order valence-corrected chi connectivity index (χ2v) is 7.21. The van der Waals surface area contributed by atoms with E-state index < -0.39 is 8.80 Å². The van der Waals surface area contributed by atoms with Gasteiger partial charge in [0.15, 0.2) is 0 Å². The largest absolute Gasteiger partial charge is 0.529 e. The first kappa shape index (κ1) is 16.9. The van der Waals surface area contributed by atoms with Gasteiger partial charge in [-0.2, -0.15) is 0 Å². The quantitative estimate of drug-likeness (QED) is 0.674. The van der Waals surface area contributed by atoms with E-state index in [1.165, 1.54) is 10.8 Å². The third kappa shape index (κ3) is 4.05. The lowest BCUT2D eigenvalue weighted by Crippen LogP contribution is -2.44. The van der Waals surface area contributed by atoms with Crippen LogP contribution >= 0.6 is 0 Å². The van der Waals surface area contributed by atoms with E-state index in [2.05, 4.69) is 48.5 Å². The Morgan fingerprint density at radius 2 is 1.41 bits per heavy atom. The molecule has 2 rings (SSSR count). The third-order valence-electron chi connectivity index (χ3n) is 3.33. The summed E-state index contributed by atoms with van der Waals surface area (Å²) in [6.45, 7) is 7.62. The second-order valence-electron chi connectivity index (χ2n) is 4.80. The molecule has 0 radical (unpaired) electrons. The zero-order chi connectivity index (χ0) is 15.8. The van der Waals surface area contributed by atoms with E-state index in [9.17, 15) is 0 Å². The standard InChI is InChI=1S/C18H24O3Si/c1-4-19-22(20-5-2,21-6-3)15-14-17-12-9-11-16-10-7-8-13-18(16)17/h7-15H,4-6H2,1-3H3/b15-14+. The molecular weight excluding hydrogens is 292 g/mol. The van der Waals surface area contributed by atoms with Gasteiger partial charge in [0.1, 0.15) is 0 Å². The molecular formula is C18H24O3Si. The number of fused-ring (bicyclic) bond motifs is 1. The van der Waals surface area contributed by atoms with E-state index in [4.69, 9.17) is 13.3 Å². The normalized spacial score (nSPS) is 12.3. The predicted octanol–water partition coefficient (Wildman–Crippen LogP) is 4.44. The summed E-state index contributed by atoms with van der Waals surface area (Å²) >= 11 is 0. The van der Waals surface area contributed by atoms with Crippen molar-refractivity contribution < 1.29 is 13.3 Å². The van der Waals surface area contributed by atoms with Crippen LogP contribution in [0.4, 0.5) is 0 Å². The summed E-state index contributed by atoms with van der Waals surface area (Å²) in [5.74, 6) is 0. The van der Waals surface area contributed by atoms with E-state index in [0.717, 1.165) is 5.56 Å². The summed E-state index contributed by atoms with van der Waals surface area (Å²) in [4.78, 5) is 0. The highest BCUT2D eigenvalue weighted by molar-refractivity contribution is 6.67. The van der Waals surface area contributed by atoms with Crippen molar-refractivity contribution in [1.82, 2.24) is 0 Å². The minimum atomic E-state index is -2.75. The Hall–Kier alpha value is -1.46. The van der Waals surface area contributed by atoms with Crippen molar-refractivity contribution in [2.75, 3.05) is 19.8 Å². The van der Waals surface area contributed by atoms with Crippen molar-refractivity contribution in [3.63, 3.8) is 0 Å². The molecule has 0 spiro atoms. The number of hydrogen-bond acceptors (Lipinski definition) is 3. The van der Waals surface area contributed by atoms with Crippen LogP contribution in [-0.4, -0.2) is 28.6 Å². The van der Waals surface area contributed by atoms with Crippen molar-refractivity contribution in [2.45, 2.75) is 20.8 Å². The summed E-state index contributed by atoms with van der Waals surface area (Å²) in [5, 5.41) is 2.44. The van der Waals surface area contributed by atoms with Gasteiger partial charge < -0.3 is 13.3 Å². The predicted molar refractivity (Wildman–Crippen MR) is 93.6 cm³/mol. The summed E-state index contributed by atoms with van der Waals surface area (Å²) < 4.78 is 17.6.